The number of thiazole rings is 1. The summed E-state index contributed by atoms with van der Waals surface area (Å²) in [5.74, 6) is 0.553. The highest BCUT2D eigenvalue weighted by Gasteiger charge is 2.02. The van der Waals surface area contributed by atoms with Gasteiger partial charge in [0.2, 0.25) is 0 Å². The van der Waals surface area contributed by atoms with Crippen molar-refractivity contribution in [3.05, 3.63) is 22.2 Å². The molecule has 10 heavy (non-hydrogen) atoms. The van der Waals surface area contributed by atoms with Crippen LogP contribution in [0.4, 0.5) is 0 Å². The lowest BCUT2D eigenvalue weighted by atomic mass is 10.4. The van der Waals surface area contributed by atoms with Gasteiger partial charge in [-0.05, 0) is 13.0 Å². The van der Waals surface area contributed by atoms with Gasteiger partial charge < -0.3 is 0 Å². The van der Waals surface area contributed by atoms with Crippen LogP contribution in [-0.2, 0) is 5.88 Å². The van der Waals surface area contributed by atoms with Crippen molar-refractivity contribution in [3.63, 3.8) is 0 Å². The van der Waals surface area contributed by atoms with Crippen molar-refractivity contribution in [2.24, 2.45) is 0 Å². The largest absolute Gasteiger partial charge is 0.242 e. The van der Waals surface area contributed by atoms with Crippen LogP contribution in [-0.4, -0.2) is 4.98 Å². The van der Waals surface area contributed by atoms with E-state index in [1.807, 2.05) is 6.92 Å². The van der Waals surface area contributed by atoms with Crippen molar-refractivity contribution >= 4 is 29.0 Å². The van der Waals surface area contributed by atoms with Crippen LogP contribution < -0.4 is 0 Å². The van der Waals surface area contributed by atoms with E-state index < -0.39 is 0 Å². The van der Waals surface area contributed by atoms with Gasteiger partial charge in [0.1, 0.15) is 5.01 Å². The van der Waals surface area contributed by atoms with Gasteiger partial charge in [-0.1, -0.05) is 6.58 Å². The number of nitrogens with zero attached hydrogens (tertiary/aromatic N) is 1. The Morgan fingerprint density at radius 1 is 1.80 bits per heavy atom. The van der Waals surface area contributed by atoms with E-state index in [9.17, 15) is 0 Å². The molecule has 0 unspecified atom stereocenters. The summed E-state index contributed by atoms with van der Waals surface area (Å²) in [6.45, 7) is 5.58. The molecule has 54 valence electrons. The standard InChI is InChI=1S/C7H8ClNS/c1-3-7-9-5(2)6(4-8)10-7/h3H,1,4H2,2H3. The normalized spacial score (nSPS) is 9.80. The van der Waals surface area contributed by atoms with Crippen molar-refractivity contribution in [2.45, 2.75) is 12.8 Å². The van der Waals surface area contributed by atoms with Crippen LogP contribution in [0.15, 0.2) is 6.58 Å². The van der Waals surface area contributed by atoms with E-state index in [0.717, 1.165) is 15.6 Å². The highest BCUT2D eigenvalue weighted by Crippen LogP contribution is 2.20. The second-order valence-corrected chi connectivity index (χ2v) is 3.28. The average Bonchev–Trinajstić information content (AvgIpc) is 2.30. The Hall–Kier alpha value is -0.340. The lowest BCUT2D eigenvalue weighted by Gasteiger charge is -1.83. The maximum Gasteiger partial charge on any atom is 0.116 e. The molecule has 0 amide bonds. The van der Waals surface area contributed by atoms with Gasteiger partial charge in [-0.3, -0.25) is 0 Å². The smallest absolute Gasteiger partial charge is 0.116 e. The minimum Gasteiger partial charge on any atom is -0.242 e. The second kappa shape index (κ2) is 3.17. The average molecular weight is 174 g/mol. The summed E-state index contributed by atoms with van der Waals surface area (Å²) in [4.78, 5) is 5.35. The molecule has 0 fully saturated rings. The molecular weight excluding hydrogens is 166 g/mol. The summed E-state index contributed by atoms with van der Waals surface area (Å²) >= 11 is 7.24. The Morgan fingerprint density at radius 2 is 2.50 bits per heavy atom. The summed E-state index contributed by atoms with van der Waals surface area (Å²) < 4.78 is 0. The van der Waals surface area contributed by atoms with E-state index in [1.54, 1.807) is 17.4 Å². The molecule has 0 N–H and O–H groups in total. The molecule has 0 bridgehead atoms. The lowest BCUT2D eigenvalue weighted by Crippen LogP contribution is -1.75. The second-order valence-electron chi connectivity index (χ2n) is 1.90. The van der Waals surface area contributed by atoms with Crippen molar-refractivity contribution in [1.82, 2.24) is 4.98 Å². The molecule has 0 saturated carbocycles. The molecule has 1 heterocycles. The number of hydrogen-bond donors (Lipinski definition) is 0. The summed E-state index contributed by atoms with van der Waals surface area (Å²) in [7, 11) is 0. The van der Waals surface area contributed by atoms with Gasteiger partial charge in [0.15, 0.2) is 0 Å². The summed E-state index contributed by atoms with van der Waals surface area (Å²) in [5, 5.41) is 0.952. The highest BCUT2D eigenvalue weighted by molar-refractivity contribution is 7.12. The molecule has 1 nitrogen and oxygen atoms in total. The van der Waals surface area contributed by atoms with Gasteiger partial charge in [-0.25, -0.2) is 4.98 Å². The van der Waals surface area contributed by atoms with Crippen LogP contribution in [0.1, 0.15) is 15.6 Å². The zero-order valence-corrected chi connectivity index (χ0v) is 7.30. The SMILES string of the molecule is C=Cc1nc(C)c(CCl)s1. The number of aryl methyl sites for hydroxylation is 1. The molecule has 0 aliphatic carbocycles. The zero-order valence-electron chi connectivity index (χ0n) is 5.72. The van der Waals surface area contributed by atoms with E-state index in [2.05, 4.69) is 11.6 Å². The van der Waals surface area contributed by atoms with E-state index in [1.165, 1.54) is 0 Å². The number of aromatic nitrogens is 1. The van der Waals surface area contributed by atoms with E-state index in [-0.39, 0.29) is 0 Å². The summed E-state index contributed by atoms with van der Waals surface area (Å²) in [5.41, 5.74) is 1.02. The molecule has 0 spiro atoms. The number of alkyl halides is 1. The first kappa shape index (κ1) is 7.76. The van der Waals surface area contributed by atoms with Crippen molar-refractivity contribution in [1.29, 1.82) is 0 Å². The Morgan fingerprint density at radius 3 is 2.80 bits per heavy atom. The fraction of sp³-hybridized carbons (Fsp3) is 0.286. The van der Waals surface area contributed by atoms with Crippen LogP contribution >= 0.6 is 22.9 Å². The first-order valence-corrected chi connectivity index (χ1v) is 4.27. The topological polar surface area (TPSA) is 12.9 Å². The van der Waals surface area contributed by atoms with Gasteiger partial charge in [0.25, 0.3) is 0 Å². The van der Waals surface area contributed by atoms with Gasteiger partial charge >= 0.3 is 0 Å². The van der Waals surface area contributed by atoms with Gasteiger partial charge in [-0.2, -0.15) is 0 Å². The number of hydrogen-bond acceptors (Lipinski definition) is 2. The molecule has 0 saturated heterocycles. The predicted molar refractivity (Wildman–Crippen MR) is 46.5 cm³/mol. The summed E-state index contributed by atoms with van der Waals surface area (Å²) in [6, 6.07) is 0. The Labute approximate surface area is 69.4 Å². The van der Waals surface area contributed by atoms with Crippen molar-refractivity contribution in [2.75, 3.05) is 0 Å². The molecule has 1 rings (SSSR count). The number of rotatable bonds is 2. The molecule has 1 aromatic rings. The van der Waals surface area contributed by atoms with Gasteiger partial charge in [0.05, 0.1) is 11.6 Å². The molecule has 0 radical (unpaired) electrons. The van der Waals surface area contributed by atoms with E-state index in [4.69, 9.17) is 11.6 Å². The minimum absolute atomic E-state index is 0.553. The maximum atomic E-state index is 5.64. The zero-order chi connectivity index (χ0) is 7.56. The molecular formula is C7H8ClNS. The molecule has 1 aromatic heterocycles. The molecule has 0 aromatic carbocycles. The fourth-order valence-electron chi connectivity index (χ4n) is 0.662. The van der Waals surface area contributed by atoms with Crippen LogP contribution in [0.2, 0.25) is 0 Å². The molecule has 0 aliphatic rings. The van der Waals surface area contributed by atoms with Crippen molar-refractivity contribution in [3.8, 4) is 0 Å². The third kappa shape index (κ3) is 1.39. The Bertz CT molecular complexity index is 242. The monoisotopic (exact) mass is 173 g/mol. The Balaban J connectivity index is 3.03. The minimum atomic E-state index is 0.553. The van der Waals surface area contributed by atoms with E-state index in [0.29, 0.717) is 5.88 Å². The van der Waals surface area contributed by atoms with Crippen LogP contribution in [0.25, 0.3) is 6.08 Å². The first-order valence-electron chi connectivity index (χ1n) is 2.92. The van der Waals surface area contributed by atoms with E-state index >= 15 is 0 Å². The van der Waals surface area contributed by atoms with Crippen LogP contribution in [0.3, 0.4) is 0 Å². The van der Waals surface area contributed by atoms with Gasteiger partial charge in [-0.15, -0.1) is 22.9 Å². The summed E-state index contributed by atoms with van der Waals surface area (Å²) in [6.07, 6.45) is 1.74. The predicted octanol–water partition coefficient (Wildman–Crippen LogP) is 2.83. The fourth-order valence-corrected chi connectivity index (χ4v) is 1.79. The quantitative estimate of drug-likeness (QED) is 0.627. The first-order chi connectivity index (χ1) is 4.77. The third-order valence-electron chi connectivity index (χ3n) is 1.21. The molecule has 0 aliphatic heterocycles. The highest BCUT2D eigenvalue weighted by atomic mass is 35.5. The van der Waals surface area contributed by atoms with Crippen LogP contribution in [0, 0.1) is 6.92 Å². The maximum absolute atomic E-state index is 5.64. The molecule has 0 atom stereocenters. The lowest BCUT2D eigenvalue weighted by molar-refractivity contribution is 1.21. The third-order valence-corrected chi connectivity index (χ3v) is 2.78. The van der Waals surface area contributed by atoms with Gasteiger partial charge in [0, 0.05) is 4.88 Å². The van der Waals surface area contributed by atoms with Crippen LogP contribution in [0.5, 0.6) is 0 Å². The molecule has 3 heteroatoms. The Kier molecular flexibility index (Phi) is 2.46. The van der Waals surface area contributed by atoms with Crippen molar-refractivity contribution < 1.29 is 0 Å². The number of halogens is 1.